The Bertz CT molecular complexity index is 1370. The van der Waals surface area contributed by atoms with Crippen LogP contribution in [0.5, 0.6) is 5.75 Å². The monoisotopic (exact) mass is 569 g/mol. The predicted octanol–water partition coefficient (Wildman–Crippen LogP) is 0.771. The van der Waals surface area contributed by atoms with Gasteiger partial charge in [0.1, 0.15) is 11.6 Å². The van der Waals surface area contributed by atoms with E-state index in [1.165, 1.54) is 25.1 Å². The quantitative estimate of drug-likeness (QED) is 0.403. The van der Waals surface area contributed by atoms with Crippen molar-refractivity contribution in [3.63, 3.8) is 0 Å². The Kier molecular flexibility index (Phi) is 6.70. The van der Waals surface area contributed by atoms with Crippen LogP contribution in [-0.4, -0.2) is 87.4 Å². The van der Waals surface area contributed by atoms with E-state index in [-0.39, 0.29) is 29.5 Å². The number of aliphatic hydroxyl groups is 1. The van der Waals surface area contributed by atoms with E-state index in [1.807, 2.05) is 0 Å². The average molecular weight is 570 g/mol. The van der Waals surface area contributed by atoms with Crippen molar-refractivity contribution < 1.29 is 38.6 Å². The lowest BCUT2D eigenvalue weighted by Gasteiger charge is -2.52. The van der Waals surface area contributed by atoms with Gasteiger partial charge in [-0.15, -0.1) is 0 Å². The van der Waals surface area contributed by atoms with E-state index in [9.17, 15) is 34.2 Å². The van der Waals surface area contributed by atoms with Crippen LogP contribution in [0.25, 0.3) is 0 Å². The Balaban J connectivity index is 1.38. The highest BCUT2D eigenvalue weighted by Crippen LogP contribution is 2.51. The standard InChI is InChI=1S/C30H36FN3O7/c1-33(2)24-18-9-14-8-17-21(25(36)20(14)27(38)30(18,41)28(39)22(26(24)37)29(32)40)19(35)10-15(23(17)31)12-34(11-13-6-7-13)16-4-3-5-16/h10,13-14,16,18,20,22,24,35,41H,3-9,11-12H2,1-2H3,(H2,32,40)/t14-,18-,20?,22?,24-,30-/m0/s1. The molecule has 1 amide bonds. The van der Waals surface area contributed by atoms with Gasteiger partial charge in [-0.2, -0.15) is 0 Å². The van der Waals surface area contributed by atoms with Crippen molar-refractivity contribution in [1.29, 1.82) is 0 Å². The van der Waals surface area contributed by atoms with Gasteiger partial charge in [-0.1, -0.05) is 6.42 Å². The van der Waals surface area contributed by atoms with Crippen LogP contribution >= 0.6 is 0 Å². The van der Waals surface area contributed by atoms with Gasteiger partial charge in [0.05, 0.1) is 17.5 Å². The average Bonchev–Trinajstić information content (AvgIpc) is 3.67. The van der Waals surface area contributed by atoms with E-state index < -0.39 is 75.9 Å². The minimum absolute atomic E-state index is 0.0225. The molecule has 11 heteroatoms. The number of phenols is 1. The molecule has 5 aliphatic carbocycles. The minimum atomic E-state index is -2.79. The summed E-state index contributed by atoms with van der Waals surface area (Å²) in [7, 11) is 3.04. The van der Waals surface area contributed by atoms with E-state index in [2.05, 4.69) is 4.90 Å². The zero-order valence-corrected chi connectivity index (χ0v) is 23.3. The summed E-state index contributed by atoms with van der Waals surface area (Å²) in [6.07, 6.45) is 5.33. The first-order chi connectivity index (χ1) is 19.4. The van der Waals surface area contributed by atoms with E-state index in [4.69, 9.17) is 5.73 Å². The molecule has 0 spiro atoms. The van der Waals surface area contributed by atoms with Crippen molar-refractivity contribution in [2.45, 2.75) is 69.2 Å². The lowest BCUT2D eigenvalue weighted by atomic mass is 9.52. The van der Waals surface area contributed by atoms with Gasteiger partial charge in [0.2, 0.25) is 5.91 Å². The van der Waals surface area contributed by atoms with Crippen LogP contribution in [0.3, 0.4) is 0 Å². The SMILES string of the molecule is CN(C)[C@@H]1C(=O)C(C(N)=O)C(=O)[C@@]2(O)C(=O)C3C(=O)c4c(O)cc(CN(CC5CC5)C5CCC5)c(F)c4C[C@H]3C[C@@H]12. The number of hydrogen-bond acceptors (Lipinski definition) is 9. The Hall–Kier alpha value is -3.02. The number of benzene rings is 1. The molecule has 6 atom stereocenters. The fraction of sp³-hybridized carbons (Fsp3) is 0.633. The number of fused-ring (bicyclic) bond motifs is 3. The number of nitrogens with zero attached hydrogens (tertiary/aromatic N) is 2. The summed E-state index contributed by atoms with van der Waals surface area (Å²) in [5.74, 6) is -11.5. The Morgan fingerprint density at radius 1 is 1.12 bits per heavy atom. The summed E-state index contributed by atoms with van der Waals surface area (Å²) in [4.78, 5) is 69.9. The van der Waals surface area contributed by atoms with Gasteiger partial charge < -0.3 is 15.9 Å². The zero-order chi connectivity index (χ0) is 29.5. The maximum atomic E-state index is 16.1. The number of primary amides is 1. The van der Waals surface area contributed by atoms with Crippen molar-refractivity contribution >= 4 is 29.0 Å². The zero-order valence-electron chi connectivity index (χ0n) is 23.3. The molecule has 0 aromatic heterocycles. The number of rotatable bonds is 7. The maximum Gasteiger partial charge on any atom is 0.235 e. The fourth-order valence-electron chi connectivity index (χ4n) is 7.77. The molecule has 10 nitrogen and oxygen atoms in total. The number of hydrogen-bond donors (Lipinski definition) is 3. The molecule has 41 heavy (non-hydrogen) atoms. The van der Waals surface area contributed by atoms with Gasteiger partial charge >= 0.3 is 0 Å². The van der Waals surface area contributed by atoms with Gasteiger partial charge in [-0.05, 0) is 70.5 Å². The molecule has 0 aliphatic heterocycles. The molecular weight excluding hydrogens is 533 g/mol. The van der Waals surface area contributed by atoms with Crippen molar-refractivity contribution in [1.82, 2.24) is 9.80 Å². The van der Waals surface area contributed by atoms with Crippen LogP contribution in [0.15, 0.2) is 6.07 Å². The molecule has 4 fully saturated rings. The molecule has 4 N–H and O–H groups in total. The number of aromatic hydroxyl groups is 1. The third kappa shape index (κ3) is 4.19. The van der Waals surface area contributed by atoms with Crippen LogP contribution in [0.1, 0.15) is 60.0 Å². The second kappa shape index (κ2) is 9.78. The van der Waals surface area contributed by atoms with Crippen LogP contribution in [-0.2, 0) is 32.1 Å². The topological polar surface area (TPSA) is 158 Å². The van der Waals surface area contributed by atoms with Crippen molar-refractivity contribution in [3.05, 3.63) is 28.6 Å². The number of halogens is 1. The number of amides is 1. The minimum Gasteiger partial charge on any atom is -0.507 e. The molecule has 2 unspecified atom stereocenters. The molecule has 220 valence electrons. The van der Waals surface area contributed by atoms with Crippen molar-refractivity contribution in [3.8, 4) is 5.75 Å². The van der Waals surface area contributed by atoms with Gasteiger partial charge in [0.25, 0.3) is 0 Å². The van der Waals surface area contributed by atoms with Crippen molar-refractivity contribution in [2.75, 3.05) is 20.6 Å². The molecule has 5 aliphatic rings. The van der Waals surface area contributed by atoms with E-state index >= 15 is 4.39 Å². The molecule has 1 aromatic rings. The molecule has 0 saturated heterocycles. The first-order valence-electron chi connectivity index (χ1n) is 14.5. The number of carbonyl (C=O) groups is 5. The highest BCUT2D eigenvalue weighted by molar-refractivity contribution is 6.32. The van der Waals surface area contributed by atoms with Crippen LogP contribution in [0.4, 0.5) is 4.39 Å². The molecule has 4 saturated carbocycles. The maximum absolute atomic E-state index is 16.1. The van der Waals surface area contributed by atoms with Crippen LogP contribution in [0.2, 0.25) is 0 Å². The third-order valence-electron chi connectivity index (χ3n) is 10.2. The van der Waals surface area contributed by atoms with E-state index in [0.717, 1.165) is 38.6 Å². The fourth-order valence-corrected chi connectivity index (χ4v) is 7.77. The van der Waals surface area contributed by atoms with Crippen LogP contribution in [0, 0.1) is 35.4 Å². The van der Waals surface area contributed by atoms with Gasteiger partial charge in [0, 0.05) is 36.2 Å². The number of likely N-dealkylation sites (N-methyl/N-ethyl adjacent to an activating group) is 1. The summed E-state index contributed by atoms with van der Waals surface area (Å²) >= 11 is 0. The summed E-state index contributed by atoms with van der Waals surface area (Å²) < 4.78 is 16.1. The number of ketones is 4. The molecule has 0 radical (unpaired) electrons. The molecule has 0 heterocycles. The number of carbonyl (C=O) groups excluding carboxylic acids is 5. The van der Waals surface area contributed by atoms with E-state index in [0.29, 0.717) is 18.5 Å². The van der Waals surface area contributed by atoms with Gasteiger partial charge in [-0.25, -0.2) is 4.39 Å². The van der Waals surface area contributed by atoms with Gasteiger partial charge in [-0.3, -0.25) is 33.8 Å². The lowest BCUT2D eigenvalue weighted by molar-refractivity contribution is -0.181. The number of nitrogens with two attached hydrogens (primary N) is 1. The first-order valence-corrected chi connectivity index (χ1v) is 14.5. The summed E-state index contributed by atoms with van der Waals surface area (Å²) in [6.45, 7) is 1.16. The largest absolute Gasteiger partial charge is 0.507 e. The summed E-state index contributed by atoms with van der Waals surface area (Å²) in [6, 6.07) is 0.423. The highest BCUT2D eigenvalue weighted by atomic mass is 19.1. The Morgan fingerprint density at radius 2 is 1.80 bits per heavy atom. The van der Waals surface area contributed by atoms with E-state index in [1.54, 1.807) is 0 Å². The molecule has 6 rings (SSSR count). The van der Waals surface area contributed by atoms with Crippen LogP contribution < -0.4 is 5.73 Å². The summed E-state index contributed by atoms with van der Waals surface area (Å²) in [5.41, 5.74) is 2.55. The second-order valence-corrected chi connectivity index (χ2v) is 13.0. The Morgan fingerprint density at radius 3 is 2.37 bits per heavy atom. The third-order valence-corrected chi connectivity index (χ3v) is 10.2. The second-order valence-electron chi connectivity index (χ2n) is 13.0. The molecular formula is C30H36FN3O7. The normalized spacial score (nSPS) is 33.5. The number of phenolic OH excluding ortho intramolecular Hbond substituents is 1. The molecule has 0 bridgehead atoms. The smallest absolute Gasteiger partial charge is 0.235 e. The summed E-state index contributed by atoms with van der Waals surface area (Å²) in [5, 5.41) is 22.6. The lowest BCUT2D eigenvalue weighted by Crippen LogP contribution is -2.74. The number of Topliss-reactive ketones (excluding diaryl/α,β-unsaturated/α-hetero) is 4. The first kappa shape index (κ1) is 28.1. The van der Waals surface area contributed by atoms with Gasteiger partial charge in [0.15, 0.2) is 34.7 Å². The highest BCUT2D eigenvalue weighted by Gasteiger charge is 2.69. The van der Waals surface area contributed by atoms with Crippen molar-refractivity contribution in [2.24, 2.45) is 35.3 Å². The predicted molar refractivity (Wildman–Crippen MR) is 142 cm³/mol. The Labute approximate surface area is 237 Å². The molecule has 1 aromatic carbocycles.